The van der Waals surface area contributed by atoms with Crippen molar-refractivity contribution >= 4 is 15.7 Å². The quantitative estimate of drug-likeness (QED) is 0.639. The molecule has 0 bridgehead atoms. The van der Waals surface area contributed by atoms with Crippen molar-refractivity contribution in [3.05, 3.63) is 95.6 Å². The van der Waals surface area contributed by atoms with Crippen LogP contribution in [0.5, 0.6) is 0 Å². The summed E-state index contributed by atoms with van der Waals surface area (Å²) in [6.07, 6.45) is 0.863. The first-order valence-electron chi connectivity index (χ1n) is 11.3. The Hall–Kier alpha value is -2.67. The number of fused-ring (bicyclic) bond motifs is 1. The van der Waals surface area contributed by atoms with Gasteiger partial charge in [0.2, 0.25) is 10.0 Å². The molecule has 166 valence electrons. The van der Waals surface area contributed by atoms with Crippen LogP contribution in [0.1, 0.15) is 29.7 Å². The average molecular weight is 448 g/mol. The second-order valence-electron chi connectivity index (χ2n) is 8.73. The minimum atomic E-state index is -3.50. The fourth-order valence-corrected chi connectivity index (χ4v) is 6.40. The highest BCUT2D eigenvalue weighted by Gasteiger charge is 2.33. The lowest BCUT2D eigenvalue weighted by atomic mass is 9.96. The van der Waals surface area contributed by atoms with E-state index in [0.29, 0.717) is 37.1 Å². The van der Waals surface area contributed by atoms with E-state index in [2.05, 4.69) is 65.7 Å². The Morgan fingerprint density at radius 3 is 2.03 bits per heavy atom. The van der Waals surface area contributed by atoms with Gasteiger partial charge in [0.25, 0.3) is 0 Å². The SMILES string of the molecule is C[C@H]1Cc2cc(S(=O)(=O)N3CCN(C(c4ccccc4)c4ccccc4)CC3)ccc2N1. The van der Waals surface area contributed by atoms with Crippen LogP contribution in [0.4, 0.5) is 5.69 Å². The van der Waals surface area contributed by atoms with E-state index in [-0.39, 0.29) is 6.04 Å². The van der Waals surface area contributed by atoms with Crippen LogP contribution in [0.3, 0.4) is 0 Å². The van der Waals surface area contributed by atoms with E-state index in [1.165, 1.54) is 11.1 Å². The maximum atomic E-state index is 13.4. The van der Waals surface area contributed by atoms with E-state index in [1.807, 2.05) is 24.3 Å². The molecule has 5 nitrogen and oxygen atoms in total. The van der Waals surface area contributed by atoms with Gasteiger partial charge in [-0.1, -0.05) is 60.7 Å². The molecule has 32 heavy (non-hydrogen) atoms. The zero-order chi connectivity index (χ0) is 22.1. The largest absolute Gasteiger partial charge is 0.382 e. The molecule has 3 aromatic rings. The summed E-state index contributed by atoms with van der Waals surface area (Å²) < 4.78 is 28.4. The standard InChI is InChI=1S/C26H29N3O2S/c1-20-18-23-19-24(12-13-25(23)27-20)32(30,31)29-16-14-28(15-17-29)26(21-8-4-2-5-9-21)22-10-6-3-7-11-22/h2-13,19-20,26-27H,14-18H2,1H3/t20-/m0/s1. The molecule has 1 N–H and O–H groups in total. The predicted molar refractivity (Wildman–Crippen MR) is 128 cm³/mol. The third kappa shape index (κ3) is 4.06. The van der Waals surface area contributed by atoms with Crippen LogP contribution in [0.2, 0.25) is 0 Å². The lowest BCUT2D eigenvalue weighted by Crippen LogP contribution is -2.49. The predicted octanol–water partition coefficient (Wildman–Crippen LogP) is 4.14. The highest BCUT2D eigenvalue weighted by atomic mass is 32.2. The summed E-state index contributed by atoms with van der Waals surface area (Å²) in [5.41, 5.74) is 4.60. The van der Waals surface area contributed by atoms with Crippen molar-refractivity contribution in [3.8, 4) is 0 Å². The first-order chi connectivity index (χ1) is 15.5. The maximum Gasteiger partial charge on any atom is 0.243 e. The van der Waals surface area contributed by atoms with Crippen LogP contribution in [0.15, 0.2) is 83.8 Å². The van der Waals surface area contributed by atoms with Crippen molar-refractivity contribution < 1.29 is 8.42 Å². The van der Waals surface area contributed by atoms with Gasteiger partial charge < -0.3 is 5.32 Å². The summed E-state index contributed by atoms with van der Waals surface area (Å²) in [5, 5.41) is 3.39. The molecule has 2 aliphatic rings. The summed E-state index contributed by atoms with van der Waals surface area (Å²) in [7, 11) is -3.50. The van der Waals surface area contributed by atoms with Gasteiger partial charge in [0.1, 0.15) is 0 Å². The van der Waals surface area contributed by atoms with Gasteiger partial charge in [-0.15, -0.1) is 0 Å². The van der Waals surface area contributed by atoms with Crippen molar-refractivity contribution in [2.24, 2.45) is 0 Å². The van der Waals surface area contributed by atoms with Gasteiger partial charge in [0.15, 0.2) is 0 Å². The maximum absolute atomic E-state index is 13.4. The Morgan fingerprint density at radius 2 is 1.44 bits per heavy atom. The normalized spacial score (nSPS) is 19.6. The van der Waals surface area contributed by atoms with Gasteiger partial charge in [-0.2, -0.15) is 4.31 Å². The second-order valence-corrected chi connectivity index (χ2v) is 10.7. The average Bonchev–Trinajstić information content (AvgIpc) is 3.20. The first-order valence-corrected chi connectivity index (χ1v) is 12.7. The van der Waals surface area contributed by atoms with Crippen molar-refractivity contribution in [3.63, 3.8) is 0 Å². The fraction of sp³-hybridized carbons (Fsp3) is 0.308. The molecule has 1 fully saturated rings. The highest BCUT2D eigenvalue weighted by molar-refractivity contribution is 7.89. The molecule has 3 aromatic carbocycles. The zero-order valence-electron chi connectivity index (χ0n) is 18.3. The number of hydrogen-bond donors (Lipinski definition) is 1. The topological polar surface area (TPSA) is 52.7 Å². The summed E-state index contributed by atoms with van der Waals surface area (Å²) in [4.78, 5) is 2.80. The van der Waals surface area contributed by atoms with Gasteiger partial charge in [-0.25, -0.2) is 8.42 Å². The summed E-state index contributed by atoms with van der Waals surface area (Å²) >= 11 is 0. The molecule has 0 aliphatic carbocycles. The van der Waals surface area contributed by atoms with Crippen LogP contribution in [-0.2, 0) is 16.4 Å². The van der Waals surface area contributed by atoms with Crippen molar-refractivity contribution in [2.75, 3.05) is 31.5 Å². The number of nitrogens with one attached hydrogen (secondary N) is 1. The molecule has 0 spiro atoms. The number of nitrogens with zero attached hydrogens (tertiary/aromatic N) is 2. The van der Waals surface area contributed by atoms with E-state index < -0.39 is 10.0 Å². The molecule has 5 rings (SSSR count). The Morgan fingerprint density at radius 1 is 0.844 bits per heavy atom. The number of benzene rings is 3. The summed E-state index contributed by atoms with van der Waals surface area (Å²) in [6, 6.07) is 26.9. The number of piperazine rings is 1. The van der Waals surface area contributed by atoms with Crippen molar-refractivity contribution in [1.29, 1.82) is 0 Å². The summed E-state index contributed by atoms with van der Waals surface area (Å²) in [5.74, 6) is 0. The zero-order valence-corrected chi connectivity index (χ0v) is 19.1. The molecule has 6 heteroatoms. The van der Waals surface area contributed by atoms with Crippen LogP contribution in [0.25, 0.3) is 0 Å². The molecule has 0 amide bonds. The Labute approximate surface area is 190 Å². The van der Waals surface area contributed by atoms with Crippen LogP contribution >= 0.6 is 0 Å². The van der Waals surface area contributed by atoms with E-state index >= 15 is 0 Å². The highest BCUT2D eigenvalue weighted by Crippen LogP contribution is 2.32. The number of sulfonamides is 1. The molecule has 0 aromatic heterocycles. The Kier molecular flexibility index (Phi) is 5.76. The monoisotopic (exact) mass is 447 g/mol. The van der Waals surface area contributed by atoms with Gasteiger partial charge in [-0.3, -0.25) is 4.90 Å². The van der Waals surface area contributed by atoms with E-state index in [1.54, 1.807) is 10.4 Å². The van der Waals surface area contributed by atoms with Crippen LogP contribution < -0.4 is 5.32 Å². The summed E-state index contributed by atoms with van der Waals surface area (Å²) in [6.45, 7) is 4.48. The second kappa shape index (κ2) is 8.70. The first kappa shape index (κ1) is 21.2. The van der Waals surface area contributed by atoms with Crippen LogP contribution in [0, 0.1) is 0 Å². The van der Waals surface area contributed by atoms with Crippen molar-refractivity contribution in [2.45, 2.75) is 30.3 Å². The van der Waals surface area contributed by atoms with Crippen LogP contribution in [-0.4, -0.2) is 49.8 Å². The van der Waals surface area contributed by atoms with Gasteiger partial charge in [-0.05, 0) is 48.2 Å². The van der Waals surface area contributed by atoms with Gasteiger partial charge in [0.05, 0.1) is 10.9 Å². The lowest BCUT2D eigenvalue weighted by molar-refractivity contribution is 0.156. The third-order valence-electron chi connectivity index (χ3n) is 6.51. The third-order valence-corrected chi connectivity index (χ3v) is 8.41. The Bertz CT molecular complexity index is 1130. The molecular weight excluding hydrogens is 418 g/mol. The van der Waals surface area contributed by atoms with E-state index in [9.17, 15) is 8.42 Å². The Balaban J connectivity index is 1.35. The molecule has 1 atom stereocenters. The smallest absolute Gasteiger partial charge is 0.243 e. The molecule has 0 radical (unpaired) electrons. The molecule has 0 saturated carbocycles. The minimum absolute atomic E-state index is 0.120. The molecule has 1 saturated heterocycles. The molecule has 0 unspecified atom stereocenters. The van der Waals surface area contributed by atoms with E-state index in [0.717, 1.165) is 17.7 Å². The number of anilines is 1. The molecule has 2 heterocycles. The lowest BCUT2D eigenvalue weighted by Gasteiger charge is -2.39. The molecule has 2 aliphatic heterocycles. The van der Waals surface area contributed by atoms with Gasteiger partial charge in [0, 0.05) is 37.9 Å². The van der Waals surface area contributed by atoms with Gasteiger partial charge >= 0.3 is 0 Å². The van der Waals surface area contributed by atoms with E-state index in [4.69, 9.17) is 0 Å². The number of hydrogen-bond acceptors (Lipinski definition) is 4. The van der Waals surface area contributed by atoms with Crippen molar-refractivity contribution in [1.82, 2.24) is 9.21 Å². The fourth-order valence-electron chi connectivity index (χ4n) is 4.92. The minimum Gasteiger partial charge on any atom is -0.382 e. The number of rotatable bonds is 5. The molecular formula is C26H29N3O2S.